The standard InChI is InChI=1S/C17H18N2O2S/c1-17(2,3)21-16-15(14-9-8-11(10-20)22-14)18-12-6-4-5-7-13(12)19-16/h4-7,9-11H,8H2,1-3H3. The summed E-state index contributed by atoms with van der Waals surface area (Å²) in [6.07, 6.45) is 3.75. The quantitative estimate of drug-likeness (QED) is 0.805. The molecule has 1 aromatic heterocycles. The minimum Gasteiger partial charge on any atom is -0.470 e. The van der Waals surface area contributed by atoms with Crippen LogP contribution in [0.3, 0.4) is 0 Å². The zero-order chi connectivity index (χ0) is 15.7. The molecule has 3 rings (SSSR count). The molecule has 1 aliphatic heterocycles. The Morgan fingerprint density at radius 2 is 1.91 bits per heavy atom. The number of thioether (sulfide) groups is 1. The van der Waals surface area contributed by atoms with Gasteiger partial charge in [-0.15, -0.1) is 11.8 Å². The summed E-state index contributed by atoms with van der Waals surface area (Å²) >= 11 is 1.52. The van der Waals surface area contributed by atoms with Crippen LogP contribution in [-0.4, -0.2) is 27.1 Å². The maximum atomic E-state index is 11.0. The van der Waals surface area contributed by atoms with Crippen LogP contribution in [0.25, 0.3) is 15.9 Å². The van der Waals surface area contributed by atoms with Gasteiger partial charge in [-0.05, 0) is 39.3 Å². The number of carbonyl (C=O) groups excluding carboxylic acids is 1. The first kappa shape index (κ1) is 15.0. The molecule has 0 saturated carbocycles. The number of hydrogen-bond donors (Lipinski definition) is 0. The minimum absolute atomic E-state index is 0.0363. The van der Waals surface area contributed by atoms with Gasteiger partial charge in [0.15, 0.2) is 0 Å². The van der Waals surface area contributed by atoms with Crippen molar-refractivity contribution in [2.45, 2.75) is 38.0 Å². The smallest absolute Gasteiger partial charge is 0.242 e. The van der Waals surface area contributed by atoms with Gasteiger partial charge in [0.2, 0.25) is 5.88 Å². The minimum atomic E-state index is -0.361. The van der Waals surface area contributed by atoms with Crippen LogP contribution in [0.4, 0.5) is 0 Å². The molecule has 2 aromatic rings. The highest BCUT2D eigenvalue weighted by molar-refractivity contribution is 8.09. The molecular formula is C17H18N2O2S. The van der Waals surface area contributed by atoms with Gasteiger partial charge in [0.05, 0.1) is 16.3 Å². The first-order valence-corrected chi connectivity index (χ1v) is 8.12. The molecular weight excluding hydrogens is 296 g/mol. The van der Waals surface area contributed by atoms with Crippen LogP contribution in [0.2, 0.25) is 0 Å². The predicted octanol–water partition coefficient (Wildman–Crippen LogP) is 3.85. The van der Waals surface area contributed by atoms with Gasteiger partial charge < -0.3 is 9.53 Å². The fourth-order valence-corrected chi connectivity index (χ4v) is 3.24. The number of allylic oxidation sites excluding steroid dienone is 1. The summed E-state index contributed by atoms with van der Waals surface area (Å²) in [5.74, 6) is 0.525. The summed E-state index contributed by atoms with van der Waals surface area (Å²) in [6.45, 7) is 5.95. The molecule has 0 N–H and O–H groups in total. The Balaban J connectivity index is 2.09. The van der Waals surface area contributed by atoms with Crippen molar-refractivity contribution in [1.29, 1.82) is 0 Å². The van der Waals surface area contributed by atoms with Crippen molar-refractivity contribution >= 4 is 34.0 Å². The summed E-state index contributed by atoms with van der Waals surface area (Å²) in [5, 5.41) is -0.0363. The Bertz CT molecular complexity index is 750. The average Bonchev–Trinajstić information content (AvgIpc) is 2.93. The van der Waals surface area contributed by atoms with Gasteiger partial charge >= 0.3 is 0 Å². The van der Waals surface area contributed by atoms with Crippen LogP contribution in [0.5, 0.6) is 5.88 Å². The number of aldehydes is 1. The summed E-state index contributed by atoms with van der Waals surface area (Å²) in [7, 11) is 0. The van der Waals surface area contributed by atoms with E-state index in [1.165, 1.54) is 11.8 Å². The molecule has 114 valence electrons. The largest absolute Gasteiger partial charge is 0.470 e. The molecule has 0 radical (unpaired) electrons. The van der Waals surface area contributed by atoms with Gasteiger partial charge in [-0.1, -0.05) is 18.2 Å². The lowest BCUT2D eigenvalue weighted by molar-refractivity contribution is -0.107. The fraction of sp³-hybridized carbons (Fsp3) is 0.353. The third kappa shape index (κ3) is 3.14. The van der Waals surface area contributed by atoms with E-state index < -0.39 is 0 Å². The Morgan fingerprint density at radius 3 is 2.50 bits per heavy atom. The zero-order valence-corrected chi connectivity index (χ0v) is 13.7. The monoisotopic (exact) mass is 314 g/mol. The Morgan fingerprint density at radius 1 is 1.23 bits per heavy atom. The number of para-hydroxylation sites is 2. The number of carbonyl (C=O) groups is 1. The second-order valence-electron chi connectivity index (χ2n) is 6.18. The van der Waals surface area contributed by atoms with E-state index in [2.05, 4.69) is 4.98 Å². The maximum Gasteiger partial charge on any atom is 0.242 e. The molecule has 1 aliphatic rings. The van der Waals surface area contributed by atoms with Crippen LogP contribution >= 0.6 is 11.8 Å². The molecule has 0 bridgehead atoms. The molecule has 0 amide bonds. The third-order valence-corrected chi connectivity index (χ3v) is 4.36. The number of fused-ring (bicyclic) bond motifs is 1. The zero-order valence-electron chi connectivity index (χ0n) is 12.9. The predicted molar refractivity (Wildman–Crippen MR) is 90.0 cm³/mol. The highest BCUT2D eigenvalue weighted by Crippen LogP contribution is 2.41. The lowest BCUT2D eigenvalue weighted by Crippen LogP contribution is -2.24. The number of hydrogen-bond acceptors (Lipinski definition) is 5. The molecule has 1 unspecified atom stereocenters. The van der Waals surface area contributed by atoms with Crippen molar-refractivity contribution in [2.24, 2.45) is 0 Å². The summed E-state index contributed by atoms with van der Waals surface area (Å²) in [6, 6.07) is 7.73. The lowest BCUT2D eigenvalue weighted by Gasteiger charge is -2.22. The number of rotatable bonds is 3. The number of aromatic nitrogens is 2. The van der Waals surface area contributed by atoms with E-state index >= 15 is 0 Å². The number of nitrogens with zero attached hydrogens (tertiary/aromatic N) is 2. The van der Waals surface area contributed by atoms with E-state index in [0.29, 0.717) is 5.88 Å². The van der Waals surface area contributed by atoms with Crippen molar-refractivity contribution < 1.29 is 9.53 Å². The molecule has 0 spiro atoms. The molecule has 0 saturated heterocycles. The van der Waals surface area contributed by atoms with Gasteiger partial charge in [0, 0.05) is 4.91 Å². The van der Waals surface area contributed by atoms with Crippen LogP contribution in [0.15, 0.2) is 30.3 Å². The second kappa shape index (κ2) is 5.72. The van der Waals surface area contributed by atoms with E-state index in [-0.39, 0.29) is 10.9 Å². The molecule has 5 heteroatoms. The van der Waals surface area contributed by atoms with Crippen LogP contribution < -0.4 is 4.74 Å². The first-order chi connectivity index (χ1) is 10.5. The Labute approximate surface area is 134 Å². The lowest BCUT2D eigenvalue weighted by atomic mass is 10.2. The van der Waals surface area contributed by atoms with Gasteiger partial charge in [-0.25, -0.2) is 9.97 Å². The number of benzene rings is 1. The topological polar surface area (TPSA) is 52.1 Å². The highest BCUT2D eigenvalue weighted by Gasteiger charge is 2.25. The van der Waals surface area contributed by atoms with Crippen molar-refractivity contribution in [1.82, 2.24) is 9.97 Å². The van der Waals surface area contributed by atoms with Crippen molar-refractivity contribution in [2.75, 3.05) is 0 Å². The molecule has 2 heterocycles. The summed E-state index contributed by atoms with van der Waals surface area (Å²) in [5.41, 5.74) is 2.00. The molecule has 1 atom stereocenters. The molecule has 22 heavy (non-hydrogen) atoms. The first-order valence-electron chi connectivity index (χ1n) is 7.24. The van der Waals surface area contributed by atoms with Gasteiger partial charge in [-0.3, -0.25) is 0 Å². The molecule has 0 aliphatic carbocycles. The van der Waals surface area contributed by atoms with Crippen LogP contribution in [-0.2, 0) is 4.79 Å². The summed E-state index contributed by atoms with van der Waals surface area (Å²) < 4.78 is 6.01. The van der Waals surface area contributed by atoms with E-state index in [1.807, 2.05) is 51.1 Å². The van der Waals surface area contributed by atoms with Crippen molar-refractivity contribution in [3.8, 4) is 5.88 Å². The van der Waals surface area contributed by atoms with Gasteiger partial charge in [0.25, 0.3) is 0 Å². The molecule has 4 nitrogen and oxygen atoms in total. The van der Waals surface area contributed by atoms with Gasteiger partial charge in [0.1, 0.15) is 17.6 Å². The SMILES string of the molecule is CC(C)(C)Oc1nc2ccccc2nc1C1=CCC(C=O)S1. The molecule has 0 fully saturated rings. The highest BCUT2D eigenvalue weighted by atomic mass is 32.2. The van der Waals surface area contributed by atoms with E-state index in [1.54, 1.807) is 0 Å². The molecule has 1 aromatic carbocycles. The van der Waals surface area contributed by atoms with Crippen molar-refractivity contribution in [3.05, 3.63) is 36.0 Å². The Hall–Kier alpha value is -1.88. The summed E-state index contributed by atoms with van der Waals surface area (Å²) in [4.78, 5) is 21.3. The third-order valence-electron chi connectivity index (χ3n) is 3.14. The maximum absolute atomic E-state index is 11.0. The van der Waals surface area contributed by atoms with Gasteiger partial charge in [-0.2, -0.15) is 0 Å². The van der Waals surface area contributed by atoms with E-state index in [4.69, 9.17) is 9.72 Å². The second-order valence-corrected chi connectivity index (χ2v) is 7.46. The van der Waals surface area contributed by atoms with Crippen molar-refractivity contribution in [3.63, 3.8) is 0 Å². The normalized spacial score (nSPS) is 18.3. The van der Waals surface area contributed by atoms with Crippen LogP contribution in [0, 0.1) is 0 Å². The van der Waals surface area contributed by atoms with E-state index in [9.17, 15) is 4.79 Å². The average molecular weight is 314 g/mol. The Kier molecular flexibility index (Phi) is 3.91. The van der Waals surface area contributed by atoms with E-state index in [0.717, 1.165) is 34.3 Å². The number of ether oxygens (including phenoxy) is 1. The fourth-order valence-electron chi connectivity index (χ4n) is 2.22. The van der Waals surface area contributed by atoms with Crippen LogP contribution in [0.1, 0.15) is 32.9 Å².